The molecule has 0 unspecified atom stereocenters. The van der Waals surface area contributed by atoms with E-state index in [-0.39, 0.29) is 10.8 Å². The van der Waals surface area contributed by atoms with E-state index in [1.807, 2.05) is 0 Å². The van der Waals surface area contributed by atoms with Crippen LogP contribution >= 0.6 is 0 Å². The number of hydrogen-bond donors (Lipinski definition) is 0. The summed E-state index contributed by atoms with van der Waals surface area (Å²) in [6.07, 6.45) is 0. The maximum Gasteiger partial charge on any atom is 0.0547 e. The lowest BCUT2D eigenvalue weighted by atomic mass is 9.81. The predicted molar refractivity (Wildman–Crippen MR) is 261 cm³/mol. The van der Waals surface area contributed by atoms with Gasteiger partial charge in [-0.25, -0.2) is 0 Å². The number of para-hydroxylation sites is 2. The van der Waals surface area contributed by atoms with E-state index in [0.29, 0.717) is 0 Å². The number of benzene rings is 9. The first-order valence-electron chi connectivity index (χ1n) is 21.9. The van der Waals surface area contributed by atoms with Crippen LogP contribution in [0.1, 0.15) is 49.9 Å². The first-order chi connectivity index (χ1) is 30.3. The van der Waals surface area contributed by atoms with Gasteiger partial charge in [0.2, 0.25) is 0 Å². The lowest BCUT2D eigenvalue weighted by Crippen LogP contribution is -2.17. The fraction of sp³-hybridized carbons (Fsp3) is 0.100. The summed E-state index contributed by atoms with van der Waals surface area (Å²) in [6, 6.07) is 76.4. The summed E-state index contributed by atoms with van der Waals surface area (Å²) in [5.74, 6) is 0. The highest BCUT2D eigenvalue weighted by molar-refractivity contribution is 6.16. The summed E-state index contributed by atoms with van der Waals surface area (Å²) in [7, 11) is 0. The molecule has 2 heteroatoms. The number of fused-ring (bicyclic) bond motifs is 9. The van der Waals surface area contributed by atoms with Crippen molar-refractivity contribution >= 4 is 38.9 Å². The van der Waals surface area contributed by atoms with Crippen molar-refractivity contribution in [2.45, 2.75) is 38.5 Å². The number of hydrogen-bond acceptors (Lipinski definition) is 1. The molecule has 0 aliphatic heterocycles. The van der Waals surface area contributed by atoms with E-state index in [4.69, 9.17) is 0 Å². The van der Waals surface area contributed by atoms with Crippen LogP contribution in [0, 0.1) is 0 Å². The molecule has 2 nitrogen and oxygen atoms in total. The van der Waals surface area contributed by atoms with Gasteiger partial charge in [-0.2, -0.15) is 0 Å². The van der Waals surface area contributed by atoms with E-state index in [0.717, 1.165) is 11.4 Å². The zero-order valence-corrected chi connectivity index (χ0v) is 35.5. The smallest absolute Gasteiger partial charge is 0.0547 e. The molecule has 9 aromatic carbocycles. The molecule has 0 amide bonds. The van der Waals surface area contributed by atoms with Gasteiger partial charge in [0, 0.05) is 44.2 Å². The van der Waals surface area contributed by atoms with Gasteiger partial charge in [0.1, 0.15) is 0 Å². The second-order valence-corrected chi connectivity index (χ2v) is 18.1. The lowest BCUT2D eigenvalue weighted by Gasteiger charge is -2.30. The third-order valence-corrected chi connectivity index (χ3v) is 14.0. The molecule has 0 bridgehead atoms. The monoisotopic (exact) mass is 794 g/mol. The van der Waals surface area contributed by atoms with Crippen molar-refractivity contribution in [2.24, 2.45) is 0 Å². The van der Waals surface area contributed by atoms with E-state index in [1.165, 1.54) is 99.9 Å². The Kier molecular flexibility index (Phi) is 7.96. The molecule has 296 valence electrons. The molecule has 1 aromatic heterocycles. The quantitative estimate of drug-likeness (QED) is 0.163. The topological polar surface area (TPSA) is 8.17 Å². The zero-order chi connectivity index (χ0) is 41.7. The Morgan fingerprint density at radius 2 is 0.935 bits per heavy atom. The largest absolute Gasteiger partial charge is 0.310 e. The van der Waals surface area contributed by atoms with Crippen LogP contribution in [0.4, 0.5) is 17.1 Å². The van der Waals surface area contributed by atoms with Crippen LogP contribution in [-0.4, -0.2) is 4.57 Å². The van der Waals surface area contributed by atoms with Crippen LogP contribution < -0.4 is 4.90 Å². The normalized spacial score (nSPS) is 14.1. The standard InChI is InChI=1S/C60H46N2/c1-59(2)50-24-13-11-21-48(50)58-51(59)25-16-28-56(58)61(43-32-29-40(30-33-43)39-17-7-5-8-18-39)44-34-36-47-46-35-31-41(37-52(46)60(3,4)53(47)38-44)45-23-15-27-55-57(45)49-22-12-14-26-54(49)62(55)42-19-9-6-10-20-42/h5-38H,1-4H3. The van der Waals surface area contributed by atoms with E-state index in [2.05, 4.69) is 243 Å². The van der Waals surface area contributed by atoms with Crippen LogP contribution in [0.3, 0.4) is 0 Å². The van der Waals surface area contributed by atoms with Gasteiger partial charge in [0.15, 0.2) is 0 Å². The molecule has 62 heavy (non-hydrogen) atoms. The summed E-state index contributed by atoms with van der Waals surface area (Å²) in [5.41, 5.74) is 22.4. The summed E-state index contributed by atoms with van der Waals surface area (Å²) >= 11 is 0. The number of aromatic nitrogens is 1. The molecular formula is C60H46N2. The van der Waals surface area contributed by atoms with E-state index < -0.39 is 0 Å². The van der Waals surface area contributed by atoms with Crippen molar-refractivity contribution < 1.29 is 0 Å². The summed E-state index contributed by atoms with van der Waals surface area (Å²) in [4.78, 5) is 2.50. The molecule has 12 rings (SSSR count). The first kappa shape index (κ1) is 36.4. The Morgan fingerprint density at radius 1 is 0.371 bits per heavy atom. The van der Waals surface area contributed by atoms with Crippen molar-refractivity contribution in [3.63, 3.8) is 0 Å². The van der Waals surface area contributed by atoms with Crippen molar-refractivity contribution in [2.75, 3.05) is 4.90 Å². The Bertz CT molecular complexity index is 3390. The van der Waals surface area contributed by atoms with Gasteiger partial charge in [-0.05, 0) is 122 Å². The number of anilines is 3. The minimum Gasteiger partial charge on any atom is -0.310 e. The minimum atomic E-state index is -0.237. The van der Waals surface area contributed by atoms with Crippen molar-refractivity contribution in [3.8, 4) is 50.2 Å². The number of rotatable bonds is 6. The lowest BCUT2D eigenvalue weighted by molar-refractivity contribution is 0.660. The Hall–Kier alpha value is -7.42. The fourth-order valence-electron chi connectivity index (χ4n) is 10.9. The van der Waals surface area contributed by atoms with E-state index in [9.17, 15) is 0 Å². The minimum absolute atomic E-state index is 0.106. The second kappa shape index (κ2) is 13.5. The van der Waals surface area contributed by atoms with Crippen LogP contribution in [0.15, 0.2) is 206 Å². The highest BCUT2D eigenvalue weighted by Crippen LogP contribution is 2.56. The summed E-state index contributed by atoms with van der Waals surface area (Å²) in [6.45, 7) is 9.55. The van der Waals surface area contributed by atoms with Crippen molar-refractivity contribution in [1.82, 2.24) is 4.57 Å². The van der Waals surface area contributed by atoms with Crippen LogP contribution in [0.2, 0.25) is 0 Å². The SMILES string of the molecule is CC1(C)c2cc(-c3cccc4c3c3ccccc3n4-c3ccccc3)ccc2-c2ccc(N(c3ccc(-c4ccccc4)cc3)c3cccc4c3-c3ccccc3C4(C)C)cc21. The molecule has 2 aliphatic rings. The third kappa shape index (κ3) is 5.29. The fourth-order valence-corrected chi connectivity index (χ4v) is 10.9. The first-order valence-corrected chi connectivity index (χ1v) is 21.9. The van der Waals surface area contributed by atoms with Crippen LogP contribution in [0.25, 0.3) is 72.0 Å². The van der Waals surface area contributed by atoms with Gasteiger partial charge < -0.3 is 9.47 Å². The van der Waals surface area contributed by atoms with E-state index in [1.54, 1.807) is 0 Å². The molecule has 0 saturated heterocycles. The average Bonchev–Trinajstić information content (AvgIpc) is 3.87. The molecule has 1 heterocycles. The van der Waals surface area contributed by atoms with Gasteiger partial charge in [-0.1, -0.05) is 173 Å². The molecule has 0 spiro atoms. The molecule has 0 fully saturated rings. The maximum absolute atomic E-state index is 2.50. The number of nitrogens with zero attached hydrogens (tertiary/aromatic N) is 2. The Morgan fingerprint density at radius 3 is 1.74 bits per heavy atom. The van der Waals surface area contributed by atoms with Gasteiger partial charge in [-0.3, -0.25) is 0 Å². The highest BCUT2D eigenvalue weighted by atomic mass is 15.1. The van der Waals surface area contributed by atoms with Crippen LogP contribution in [0.5, 0.6) is 0 Å². The molecule has 0 saturated carbocycles. The summed E-state index contributed by atoms with van der Waals surface area (Å²) in [5, 5.41) is 2.56. The Labute approximate surface area is 364 Å². The van der Waals surface area contributed by atoms with E-state index >= 15 is 0 Å². The van der Waals surface area contributed by atoms with Crippen LogP contribution in [-0.2, 0) is 10.8 Å². The van der Waals surface area contributed by atoms with Gasteiger partial charge in [-0.15, -0.1) is 0 Å². The molecule has 10 aromatic rings. The van der Waals surface area contributed by atoms with Gasteiger partial charge in [0.25, 0.3) is 0 Å². The van der Waals surface area contributed by atoms with Gasteiger partial charge >= 0.3 is 0 Å². The van der Waals surface area contributed by atoms with Gasteiger partial charge in [0.05, 0.1) is 16.7 Å². The van der Waals surface area contributed by atoms with Crippen molar-refractivity contribution in [1.29, 1.82) is 0 Å². The zero-order valence-electron chi connectivity index (χ0n) is 35.5. The molecule has 0 atom stereocenters. The maximum atomic E-state index is 2.50. The van der Waals surface area contributed by atoms with Crippen molar-refractivity contribution in [3.05, 3.63) is 229 Å². The molecule has 2 aliphatic carbocycles. The average molecular weight is 795 g/mol. The Balaban J connectivity index is 1.01. The molecular weight excluding hydrogens is 749 g/mol. The highest BCUT2D eigenvalue weighted by Gasteiger charge is 2.39. The molecule has 0 N–H and O–H groups in total. The molecule has 0 radical (unpaired) electrons. The second-order valence-electron chi connectivity index (χ2n) is 18.1. The predicted octanol–water partition coefficient (Wildman–Crippen LogP) is 16.2. The third-order valence-electron chi connectivity index (χ3n) is 14.0. The summed E-state index contributed by atoms with van der Waals surface area (Å²) < 4.78 is 2.41.